The number of amides is 1. The van der Waals surface area contributed by atoms with E-state index in [2.05, 4.69) is 13.1 Å². The van der Waals surface area contributed by atoms with Crippen molar-refractivity contribution in [3.05, 3.63) is 0 Å². The number of hydrogen-bond acceptors (Lipinski definition) is 2. The van der Waals surface area contributed by atoms with Gasteiger partial charge in [0.05, 0.1) is 0 Å². The Morgan fingerprint density at radius 1 is 1.50 bits per heavy atom. The van der Waals surface area contributed by atoms with Crippen LogP contribution in [-0.2, 0) is 9.22 Å². The predicted octanol–water partition coefficient (Wildman–Crippen LogP) is 1.49. The topological polar surface area (TPSA) is 52.3 Å². The number of nitrogens with two attached hydrogens (primary N) is 1. The molecule has 0 atom stereocenters. The summed E-state index contributed by atoms with van der Waals surface area (Å²) in [5, 5.41) is 0. The number of carbonyl (C=O) groups excluding carboxylic acids is 1. The minimum atomic E-state index is -1.48. The molecule has 72 valence electrons. The van der Waals surface area contributed by atoms with Crippen LogP contribution in [0, 0.1) is 0 Å². The Labute approximate surface area is 75.4 Å². The van der Waals surface area contributed by atoms with Crippen LogP contribution in [0.3, 0.4) is 0 Å². The van der Waals surface area contributed by atoms with Crippen LogP contribution < -0.4 is 5.73 Å². The van der Waals surface area contributed by atoms with Crippen molar-refractivity contribution in [3.8, 4) is 0 Å². The lowest BCUT2D eigenvalue weighted by molar-refractivity contribution is -0.118. The summed E-state index contributed by atoms with van der Waals surface area (Å²) in [7, 11) is -1.48. The van der Waals surface area contributed by atoms with Crippen molar-refractivity contribution in [3.63, 3.8) is 0 Å². The van der Waals surface area contributed by atoms with Crippen LogP contribution in [0.2, 0.25) is 19.1 Å². The van der Waals surface area contributed by atoms with Crippen LogP contribution in [0.25, 0.3) is 0 Å². The molecule has 4 heteroatoms. The minimum absolute atomic E-state index is 0.212. The Hall–Kier alpha value is -0.353. The van der Waals surface area contributed by atoms with Gasteiger partial charge in [0, 0.05) is 13.0 Å². The summed E-state index contributed by atoms with van der Waals surface area (Å²) in [4.78, 5) is 10.4. The summed E-state index contributed by atoms with van der Waals surface area (Å²) in [5.74, 6) is -0.212. The maximum absolute atomic E-state index is 10.4. The van der Waals surface area contributed by atoms with Gasteiger partial charge in [-0.1, -0.05) is 0 Å². The van der Waals surface area contributed by atoms with Gasteiger partial charge in [-0.2, -0.15) is 0 Å². The van der Waals surface area contributed by atoms with Crippen LogP contribution >= 0.6 is 0 Å². The highest BCUT2D eigenvalue weighted by Crippen LogP contribution is 2.14. The molecule has 0 aromatic heterocycles. The van der Waals surface area contributed by atoms with Gasteiger partial charge in [0.15, 0.2) is 8.32 Å². The van der Waals surface area contributed by atoms with Crippen molar-refractivity contribution in [2.75, 3.05) is 6.61 Å². The molecule has 0 aromatic rings. The second kappa shape index (κ2) is 5.32. The monoisotopic (exact) mass is 189 g/mol. The van der Waals surface area contributed by atoms with Gasteiger partial charge in [-0.15, -0.1) is 0 Å². The van der Waals surface area contributed by atoms with E-state index < -0.39 is 8.32 Å². The van der Waals surface area contributed by atoms with E-state index in [0.717, 1.165) is 19.1 Å². The maximum Gasteiger partial charge on any atom is 0.217 e. The lowest BCUT2D eigenvalue weighted by atomic mass is 10.3. The fourth-order valence-corrected chi connectivity index (χ4v) is 3.11. The Morgan fingerprint density at radius 3 is 2.50 bits per heavy atom. The molecule has 12 heavy (non-hydrogen) atoms. The number of primary amides is 1. The predicted molar refractivity (Wildman–Crippen MR) is 52.3 cm³/mol. The quantitative estimate of drug-likeness (QED) is 0.644. The lowest BCUT2D eigenvalue weighted by Gasteiger charge is -2.21. The van der Waals surface area contributed by atoms with Crippen molar-refractivity contribution < 1.29 is 9.22 Å². The van der Waals surface area contributed by atoms with Crippen molar-refractivity contribution in [1.29, 1.82) is 0 Å². The molecule has 0 saturated carbocycles. The van der Waals surface area contributed by atoms with E-state index in [1.165, 1.54) is 0 Å². The average molecular weight is 189 g/mol. The molecule has 0 aliphatic rings. The second-order valence-corrected chi connectivity index (χ2v) is 7.82. The van der Waals surface area contributed by atoms with Gasteiger partial charge >= 0.3 is 0 Å². The fourth-order valence-electron chi connectivity index (χ4n) is 1.15. The third-order valence-corrected chi connectivity index (χ3v) is 4.36. The molecule has 3 nitrogen and oxygen atoms in total. The normalized spacial score (nSPS) is 11.6. The molecular formula is C8H19NO2Si. The average Bonchev–Trinajstić information content (AvgIpc) is 1.85. The van der Waals surface area contributed by atoms with E-state index in [4.69, 9.17) is 10.2 Å². The third kappa shape index (κ3) is 6.36. The van der Waals surface area contributed by atoms with Gasteiger partial charge < -0.3 is 10.2 Å². The van der Waals surface area contributed by atoms with Gasteiger partial charge in [0.2, 0.25) is 5.91 Å². The van der Waals surface area contributed by atoms with Crippen molar-refractivity contribution >= 4 is 14.2 Å². The minimum Gasteiger partial charge on any atom is -0.418 e. The molecule has 1 amide bonds. The molecule has 0 heterocycles. The van der Waals surface area contributed by atoms with Crippen molar-refractivity contribution in [2.24, 2.45) is 5.73 Å². The highest BCUT2D eigenvalue weighted by atomic mass is 28.4. The molecule has 0 aliphatic heterocycles. The van der Waals surface area contributed by atoms with Gasteiger partial charge in [-0.05, 0) is 32.5 Å². The number of rotatable bonds is 6. The number of hydrogen-bond donors (Lipinski definition) is 1. The molecule has 0 unspecified atom stereocenters. The second-order valence-electron chi connectivity index (χ2n) is 3.51. The van der Waals surface area contributed by atoms with Crippen LogP contribution in [0.15, 0.2) is 0 Å². The summed E-state index contributed by atoms with van der Waals surface area (Å²) < 4.78 is 5.60. The largest absolute Gasteiger partial charge is 0.418 e. The van der Waals surface area contributed by atoms with Gasteiger partial charge in [0.1, 0.15) is 0 Å². The van der Waals surface area contributed by atoms with Crippen molar-refractivity contribution in [1.82, 2.24) is 0 Å². The highest BCUT2D eigenvalue weighted by molar-refractivity contribution is 6.71. The lowest BCUT2D eigenvalue weighted by Crippen LogP contribution is -2.30. The third-order valence-electron chi connectivity index (χ3n) is 1.74. The Kier molecular flexibility index (Phi) is 5.16. The standard InChI is InChI=1S/C8H19NO2Si/c1-4-11-12(2,3)7-5-6-8(9)10/h4-7H2,1-3H3,(H2,9,10). The maximum atomic E-state index is 10.4. The Balaban J connectivity index is 3.53. The first-order valence-electron chi connectivity index (χ1n) is 4.40. The Morgan fingerprint density at radius 2 is 2.08 bits per heavy atom. The molecule has 2 N–H and O–H groups in total. The molecule has 0 aliphatic carbocycles. The van der Waals surface area contributed by atoms with E-state index in [-0.39, 0.29) is 5.91 Å². The molecule has 0 rings (SSSR count). The molecule has 0 spiro atoms. The summed E-state index contributed by atoms with van der Waals surface area (Å²) in [6, 6.07) is 1.02. The zero-order valence-corrected chi connectivity index (χ0v) is 9.22. The first-order chi connectivity index (χ1) is 5.48. The first-order valence-corrected chi connectivity index (χ1v) is 7.52. The molecular weight excluding hydrogens is 170 g/mol. The molecule has 0 bridgehead atoms. The van der Waals surface area contributed by atoms with Crippen LogP contribution in [0.1, 0.15) is 19.8 Å². The van der Waals surface area contributed by atoms with Gasteiger partial charge in [-0.3, -0.25) is 4.79 Å². The zero-order valence-electron chi connectivity index (χ0n) is 8.22. The van der Waals surface area contributed by atoms with Crippen molar-refractivity contribution in [2.45, 2.75) is 38.9 Å². The highest BCUT2D eigenvalue weighted by Gasteiger charge is 2.20. The van der Waals surface area contributed by atoms with Gasteiger partial charge in [-0.25, -0.2) is 0 Å². The Bertz CT molecular complexity index is 148. The fraction of sp³-hybridized carbons (Fsp3) is 0.875. The van der Waals surface area contributed by atoms with E-state index in [0.29, 0.717) is 6.42 Å². The van der Waals surface area contributed by atoms with E-state index in [1.54, 1.807) is 0 Å². The van der Waals surface area contributed by atoms with E-state index in [9.17, 15) is 4.79 Å². The smallest absolute Gasteiger partial charge is 0.217 e. The summed E-state index contributed by atoms with van der Waals surface area (Å²) in [6.07, 6.45) is 1.36. The van der Waals surface area contributed by atoms with Crippen LogP contribution in [-0.4, -0.2) is 20.8 Å². The van der Waals surface area contributed by atoms with Gasteiger partial charge in [0.25, 0.3) is 0 Å². The number of carbonyl (C=O) groups is 1. The first kappa shape index (κ1) is 11.6. The summed E-state index contributed by atoms with van der Waals surface area (Å²) >= 11 is 0. The molecule has 0 fully saturated rings. The zero-order chi connectivity index (χ0) is 9.61. The van der Waals surface area contributed by atoms with E-state index in [1.807, 2.05) is 6.92 Å². The van der Waals surface area contributed by atoms with Crippen LogP contribution in [0.4, 0.5) is 0 Å². The SMILES string of the molecule is CCO[Si](C)(C)CCCC(N)=O. The summed E-state index contributed by atoms with van der Waals surface area (Å²) in [6.45, 7) is 7.10. The molecule has 0 radical (unpaired) electrons. The van der Waals surface area contributed by atoms with Crippen LogP contribution in [0.5, 0.6) is 0 Å². The summed E-state index contributed by atoms with van der Waals surface area (Å²) in [5.41, 5.74) is 5.03. The molecule has 0 saturated heterocycles. The molecule has 0 aromatic carbocycles. The van der Waals surface area contributed by atoms with E-state index >= 15 is 0 Å².